The van der Waals surface area contributed by atoms with Crippen molar-refractivity contribution in [3.05, 3.63) is 65.3 Å². The summed E-state index contributed by atoms with van der Waals surface area (Å²) in [5, 5.41) is 19.4. The van der Waals surface area contributed by atoms with E-state index in [-0.39, 0.29) is 48.9 Å². The number of anilines is 2. The van der Waals surface area contributed by atoms with Gasteiger partial charge in [0.05, 0.1) is 30.4 Å². The number of urea groups is 1. The number of hydrogen-bond donors (Lipinski definition) is 3. The zero-order valence-electron chi connectivity index (χ0n) is 23.2. The third kappa shape index (κ3) is 6.07. The van der Waals surface area contributed by atoms with Crippen LogP contribution < -0.4 is 15.4 Å². The predicted molar refractivity (Wildman–Crippen MR) is 147 cm³/mol. The normalized spacial score (nSPS) is 17.6. The lowest BCUT2D eigenvalue weighted by Crippen LogP contribution is -2.50. The van der Waals surface area contributed by atoms with Crippen molar-refractivity contribution in [2.75, 3.05) is 37.4 Å². The third-order valence-electron chi connectivity index (χ3n) is 6.95. The van der Waals surface area contributed by atoms with Crippen LogP contribution in [0.1, 0.15) is 46.0 Å². The largest absolute Gasteiger partial charge is 0.485 e. The maximum Gasteiger partial charge on any atom is 0.321 e. The molecule has 0 fully saturated rings. The smallest absolute Gasteiger partial charge is 0.321 e. The number of rotatable bonds is 7. The van der Waals surface area contributed by atoms with Crippen LogP contribution in [0.2, 0.25) is 0 Å². The van der Waals surface area contributed by atoms with Crippen LogP contribution >= 0.6 is 0 Å². The molecule has 12 nitrogen and oxygen atoms in total. The molecule has 12 heteroatoms. The predicted octanol–water partition coefficient (Wildman–Crippen LogP) is 3.32. The zero-order valence-corrected chi connectivity index (χ0v) is 23.2. The van der Waals surface area contributed by atoms with E-state index in [2.05, 4.69) is 20.8 Å². The average molecular weight is 551 g/mol. The number of fused-ring (bicyclic) bond motifs is 1. The highest BCUT2D eigenvalue weighted by Crippen LogP contribution is 2.35. The standard InChI is InChI=1S/C28H34N6O6/c1-16-13-34(17(2)15-35)27(37)21-7-6-8-22(30-26(36)20-9-11-29-12-10-20)25(21)39-23(16)14-33(5)28(38)31-24-18(3)32-40-19(24)4/h6-12,16-17,23,35H,13-15H2,1-5H3,(H,30,36)(H,31,38)/t16-,17-,23+/m0/s1. The number of aliphatic hydroxyl groups excluding tert-OH is 1. The Hall–Kier alpha value is -4.45. The molecule has 212 valence electrons. The first-order chi connectivity index (χ1) is 19.1. The molecular weight excluding hydrogens is 516 g/mol. The van der Waals surface area contributed by atoms with Crippen molar-refractivity contribution in [1.82, 2.24) is 19.9 Å². The minimum Gasteiger partial charge on any atom is -0.485 e. The van der Waals surface area contributed by atoms with Crippen molar-refractivity contribution in [3.8, 4) is 5.75 Å². The van der Waals surface area contributed by atoms with E-state index < -0.39 is 18.1 Å². The number of aromatic nitrogens is 2. The lowest BCUT2D eigenvalue weighted by atomic mass is 9.99. The van der Waals surface area contributed by atoms with E-state index in [1.807, 2.05) is 6.92 Å². The Kier molecular flexibility index (Phi) is 8.68. The van der Waals surface area contributed by atoms with Crippen molar-refractivity contribution in [1.29, 1.82) is 0 Å². The Bertz CT molecular complexity index is 1360. The van der Waals surface area contributed by atoms with Crippen molar-refractivity contribution in [2.45, 2.75) is 39.8 Å². The van der Waals surface area contributed by atoms with Gasteiger partial charge in [-0.05, 0) is 45.0 Å². The molecule has 3 N–H and O–H groups in total. The number of nitrogens with zero attached hydrogens (tertiary/aromatic N) is 4. The summed E-state index contributed by atoms with van der Waals surface area (Å²) < 4.78 is 11.6. The van der Waals surface area contributed by atoms with Gasteiger partial charge in [0.1, 0.15) is 17.5 Å². The number of carbonyl (C=O) groups excluding carboxylic acids is 3. The lowest BCUT2D eigenvalue weighted by molar-refractivity contribution is 0.0372. The fraction of sp³-hybridized carbons (Fsp3) is 0.393. The highest BCUT2D eigenvalue weighted by atomic mass is 16.5. The Morgan fingerprint density at radius 1 is 1.20 bits per heavy atom. The summed E-state index contributed by atoms with van der Waals surface area (Å²) in [5.41, 5.74) is 2.01. The number of benzene rings is 1. The van der Waals surface area contributed by atoms with Gasteiger partial charge < -0.3 is 34.8 Å². The van der Waals surface area contributed by atoms with Gasteiger partial charge in [-0.15, -0.1) is 0 Å². The molecule has 4 rings (SSSR count). The van der Waals surface area contributed by atoms with Gasteiger partial charge in [0, 0.05) is 37.5 Å². The van der Waals surface area contributed by atoms with E-state index in [1.165, 1.54) is 17.3 Å². The second-order valence-electron chi connectivity index (χ2n) is 10.0. The number of aryl methyl sites for hydroxylation is 2. The van der Waals surface area contributed by atoms with Gasteiger partial charge in [0.15, 0.2) is 11.5 Å². The number of nitrogens with one attached hydrogen (secondary N) is 2. The van der Waals surface area contributed by atoms with Crippen LogP contribution in [0.3, 0.4) is 0 Å². The van der Waals surface area contributed by atoms with E-state index in [0.717, 1.165) is 0 Å². The lowest BCUT2D eigenvalue weighted by Gasteiger charge is -2.38. The van der Waals surface area contributed by atoms with Gasteiger partial charge in [-0.1, -0.05) is 18.1 Å². The maximum atomic E-state index is 13.6. The van der Waals surface area contributed by atoms with Crippen LogP contribution in [0.5, 0.6) is 5.75 Å². The summed E-state index contributed by atoms with van der Waals surface area (Å²) >= 11 is 0. The monoisotopic (exact) mass is 550 g/mol. The number of likely N-dealkylation sites (N-methyl/N-ethyl adjacent to an activating group) is 1. The topological polar surface area (TPSA) is 150 Å². The number of carbonyl (C=O) groups is 3. The first kappa shape index (κ1) is 28.6. The molecule has 40 heavy (non-hydrogen) atoms. The highest BCUT2D eigenvalue weighted by Gasteiger charge is 2.35. The molecule has 0 spiro atoms. The molecular formula is C28H34N6O6. The number of hydrogen-bond acceptors (Lipinski definition) is 8. The van der Waals surface area contributed by atoms with Crippen LogP contribution in [-0.4, -0.2) is 81.8 Å². The van der Waals surface area contributed by atoms with E-state index in [4.69, 9.17) is 9.26 Å². The number of pyridine rings is 1. The van der Waals surface area contributed by atoms with E-state index in [1.54, 1.807) is 63.1 Å². The van der Waals surface area contributed by atoms with Crippen LogP contribution in [0.4, 0.5) is 16.2 Å². The molecule has 0 saturated carbocycles. The van der Waals surface area contributed by atoms with Crippen LogP contribution in [-0.2, 0) is 0 Å². The molecule has 4 amide bonds. The van der Waals surface area contributed by atoms with Crippen LogP contribution in [0, 0.1) is 19.8 Å². The van der Waals surface area contributed by atoms with Crippen LogP contribution in [0.15, 0.2) is 47.2 Å². The van der Waals surface area contributed by atoms with Gasteiger partial charge >= 0.3 is 6.03 Å². The summed E-state index contributed by atoms with van der Waals surface area (Å²) in [7, 11) is 1.64. The SMILES string of the molecule is Cc1noc(C)c1NC(=O)N(C)C[C@H]1Oc2c(NC(=O)c3ccncc3)cccc2C(=O)N([C@@H](C)CO)C[C@@H]1C. The number of ether oxygens (including phenoxy) is 1. The average Bonchev–Trinajstić information content (AvgIpc) is 3.27. The summed E-state index contributed by atoms with van der Waals surface area (Å²) in [6, 6.07) is 7.25. The fourth-order valence-corrected chi connectivity index (χ4v) is 4.47. The summed E-state index contributed by atoms with van der Waals surface area (Å²) in [6.07, 6.45) is 2.46. The molecule has 0 bridgehead atoms. The summed E-state index contributed by atoms with van der Waals surface area (Å²) in [5.74, 6) is -0.280. The molecule has 0 aliphatic carbocycles. The second kappa shape index (κ2) is 12.2. The van der Waals surface area contributed by atoms with Crippen LogP contribution in [0.25, 0.3) is 0 Å². The maximum absolute atomic E-state index is 13.6. The molecule has 2 aromatic heterocycles. The molecule has 3 aromatic rings. The Balaban J connectivity index is 1.66. The second-order valence-corrected chi connectivity index (χ2v) is 10.0. The van der Waals surface area contributed by atoms with E-state index in [9.17, 15) is 19.5 Å². The third-order valence-corrected chi connectivity index (χ3v) is 6.95. The highest BCUT2D eigenvalue weighted by molar-refractivity contribution is 6.07. The number of para-hydroxylation sites is 1. The molecule has 3 heterocycles. The molecule has 3 atom stereocenters. The van der Waals surface area contributed by atoms with Crippen molar-refractivity contribution < 1.29 is 28.8 Å². The van der Waals surface area contributed by atoms with E-state index in [0.29, 0.717) is 28.4 Å². The quantitative estimate of drug-likeness (QED) is 0.405. The molecule has 0 unspecified atom stereocenters. The Morgan fingerprint density at radius 3 is 2.58 bits per heavy atom. The van der Waals surface area contributed by atoms with Gasteiger partial charge in [0.2, 0.25) is 0 Å². The van der Waals surface area contributed by atoms with Gasteiger partial charge in [-0.25, -0.2) is 4.79 Å². The Morgan fingerprint density at radius 2 is 1.93 bits per heavy atom. The van der Waals surface area contributed by atoms with Crippen molar-refractivity contribution >= 4 is 29.2 Å². The molecule has 1 aromatic carbocycles. The molecule has 0 radical (unpaired) electrons. The summed E-state index contributed by atoms with van der Waals surface area (Å²) in [4.78, 5) is 46.7. The molecule has 1 aliphatic heterocycles. The van der Waals surface area contributed by atoms with Crippen molar-refractivity contribution in [2.24, 2.45) is 5.92 Å². The van der Waals surface area contributed by atoms with Gasteiger partial charge in [-0.3, -0.25) is 14.6 Å². The molecule has 1 aliphatic rings. The zero-order chi connectivity index (χ0) is 29.0. The first-order valence-corrected chi connectivity index (χ1v) is 13.0. The minimum absolute atomic E-state index is 0.165. The van der Waals surface area contributed by atoms with Gasteiger partial charge in [0.25, 0.3) is 11.8 Å². The minimum atomic E-state index is -0.570. The molecule has 0 saturated heterocycles. The Labute approximate surface area is 232 Å². The summed E-state index contributed by atoms with van der Waals surface area (Å²) in [6.45, 7) is 7.35. The number of aliphatic hydroxyl groups is 1. The van der Waals surface area contributed by atoms with Crippen molar-refractivity contribution in [3.63, 3.8) is 0 Å². The number of amides is 4. The fourth-order valence-electron chi connectivity index (χ4n) is 4.47. The first-order valence-electron chi connectivity index (χ1n) is 13.0. The van der Waals surface area contributed by atoms with Gasteiger partial charge in [-0.2, -0.15) is 0 Å². The van der Waals surface area contributed by atoms with E-state index >= 15 is 0 Å².